The van der Waals surface area contributed by atoms with E-state index < -0.39 is 0 Å². The van der Waals surface area contributed by atoms with Crippen molar-refractivity contribution in [2.75, 3.05) is 0 Å². The predicted octanol–water partition coefficient (Wildman–Crippen LogP) is 3.65. The smallest absolute Gasteiger partial charge is 0.00856 e. The molecule has 0 spiro atoms. The molecule has 0 fully saturated rings. The molecule has 60 valence electrons. The van der Waals surface area contributed by atoms with E-state index >= 15 is 0 Å². The standard InChI is InChI=1S/C10H14S/c1-3-9(4-2)8-10-6-5-7-11-10/h3,5-7H,4,8H2,1-2H3/b9-3+. The van der Waals surface area contributed by atoms with Crippen molar-refractivity contribution in [1.29, 1.82) is 0 Å². The minimum absolute atomic E-state index is 1.14. The Hall–Kier alpha value is -0.560. The van der Waals surface area contributed by atoms with Crippen LogP contribution in [0.5, 0.6) is 0 Å². The van der Waals surface area contributed by atoms with E-state index in [1.807, 2.05) is 11.3 Å². The Balaban J connectivity index is 2.55. The predicted molar refractivity (Wildman–Crippen MR) is 52.1 cm³/mol. The maximum absolute atomic E-state index is 2.22. The fourth-order valence-corrected chi connectivity index (χ4v) is 1.83. The highest BCUT2D eigenvalue weighted by atomic mass is 32.1. The molecule has 0 aliphatic heterocycles. The average Bonchev–Trinajstić information content (AvgIpc) is 2.52. The van der Waals surface area contributed by atoms with Crippen LogP contribution in [0.2, 0.25) is 0 Å². The third kappa shape index (κ3) is 2.51. The third-order valence-electron chi connectivity index (χ3n) is 1.84. The lowest BCUT2D eigenvalue weighted by Gasteiger charge is -1.99. The normalized spacial score (nSPS) is 12.0. The highest BCUT2D eigenvalue weighted by Gasteiger charge is 1.95. The van der Waals surface area contributed by atoms with Gasteiger partial charge in [-0.25, -0.2) is 0 Å². The van der Waals surface area contributed by atoms with E-state index in [2.05, 4.69) is 37.4 Å². The Kier molecular flexibility index (Phi) is 3.37. The molecule has 1 rings (SSSR count). The van der Waals surface area contributed by atoms with Crippen LogP contribution in [0.3, 0.4) is 0 Å². The van der Waals surface area contributed by atoms with Gasteiger partial charge in [0.15, 0.2) is 0 Å². The molecule has 0 saturated carbocycles. The van der Waals surface area contributed by atoms with Crippen molar-refractivity contribution in [3.63, 3.8) is 0 Å². The van der Waals surface area contributed by atoms with Gasteiger partial charge in [0.1, 0.15) is 0 Å². The van der Waals surface area contributed by atoms with Gasteiger partial charge in [0.2, 0.25) is 0 Å². The summed E-state index contributed by atoms with van der Waals surface area (Å²) >= 11 is 1.84. The lowest BCUT2D eigenvalue weighted by Crippen LogP contribution is -1.84. The molecule has 0 amide bonds. The van der Waals surface area contributed by atoms with Crippen LogP contribution in [-0.4, -0.2) is 0 Å². The monoisotopic (exact) mass is 166 g/mol. The second-order valence-corrected chi connectivity index (χ2v) is 3.59. The van der Waals surface area contributed by atoms with Crippen LogP contribution in [0.25, 0.3) is 0 Å². The summed E-state index contributed by atoms with van der Waals surface area (Å²) in [5.41, 5.74) is 1.53. The minimum Gasteiger partial charge on any atom is -0.149 e. The van der Waals surface area contributed by atoms with Crippen molar-refractivity contribution < 1.29 is 0 Å². The molecule has 0 radical (unpaired) electrons. The Bertz CT molecular complexity index is 219. The molecule has 0 nitrogen and oxygen atoms in total. The summed E-state index contributed by atoms with van der Waals surface area (Å²) < 4.78 is 0. The van der Waals surface area contributed by atoms with Gasteiger partial charge in [-0.1, -0.05) is 24.6 Å². The number of thiophene rings is 1. The third-order valence-corrected chi connectivity index (χ3v) is 2.72. The quantitative estimate of drug-likeness (QED) is 0.601. The molecule has 0 saturated heterocycles. The first kappa shape index (κ1) is 8.54. The molecule has 0 unspecified atom stereocenters. The maximum atomic E-state index is 2.22. The van der Waals surface area contributed by atoms with Crippen molar-refractivity contribution in [2.24, 2.45) is 0 Å². The molecule has 0 N–H and O–H groups in total. The van der Waals surface area contributed by atoms with E-state index in [0.717, 1.165) is 6.42 Å². The largest absolute Gasteiger partial charge is 0.149 e. The summed E-state index contributed by atoms with van der Waals surface area (Å²) in [4.78, 5) is 1.47. The zero-order chi connectivity index (χ0) is 8.10. The molecular weight excluding hydrogens is 152 g/mol. The summed E-state index contributed by atoms with van der Waals surface area (Å²) in [6.07, 6.45) is 4.54. The minimum atomic E-state index is 1.14. The molecule has 0 atom stereocenters. The van der Waals surface area contributed by atoms with Crippen molar-refractivity contribution in [3.05, 3.63) is 34.0 Å². The Morgan fingerprint density at radius 1 is 1.64 bits per heavy atom. The van der Waals surface area contributed by atoms with Gasteiger partial charge >= 0.3 is 0 Å². The van der Waals surface area contributed by atoms with E-state index in [0.29, 0.717) is 0 Å². The molecule has 1 aromatic rings. The van der Waals surface area contributed by atoms with Crippen molar-refractivity contribution >= 4 is 11.3 Å². The fourth-order valence-electron chi connectivity index (χ4n) is 1.07. The zero-order valence-electron chi connectivity index (χ0n) is 7.13. The molecule has 0 aliphatic carbocycles. The van der Waals surface area contributed by atoms with Crippen molar-refractivity contribution in [1.82, 2.24) is 0 Å². The van der Waals surface area contributed by atoms with E-state index in [4.69, 9.17) is 0 Å². The van der Waals surface area contributed by atoms with Gasteiger partial charge in [-0.2, -0.15) is 0 Å². The summed E-state index contributed by atoms with van der Waals surface area (Å²) in [6, 6.07) is 4.31. The van der Waals surface area contributed by atoms with Gasteiger partial charge in [-0.15, -0.1) is 11.3 Å². The van der Waals surface area contributed by atoms with Crippen LogP contribution in [0.15, 0.2) is 29.2 Å². The molecule has 1 heterocycles. The van der Waals surface area contributed by atoms with E-state index in [-0.39, 0.29) is 0 Å². The Morgan fingerprint density at radius 2 is 2.45 bits per heavy atom. The van der Waals surface area contributed by atoms with E-state index in [9.17, 15) is 0 Å². The van der Waals surface area contributed by atoms with Crippen LogP contribution in [0.4, 0.5) is 0 Å². The molecule has 1 aromatic heterocycles. The van der Waals surface area contributed by atoms with Crippen molar-refractivity contribution in [3.8, 4) is 0 Å². The Labute approximate surface area is 72.6 Å². The highest BCUT2D eigenvalue weighted by Crippen LogP contribution is 2.15. The van der Waals surface area contributed by atoms with Gasteiger partial charge in [0.05, 0.1) is 0 Å². The van der Waals surface area contributed by atoms with Crippen molar-refractivity contribution in [2.45, 2.75) is 26.7 Å². The van der Waals surface area contributed by atoms with Crippen LogP contribution in [0.1, 0.15) is 25.1 Å². The molecular formula is C10H14S. The molecule has 0 bridgehead atoms. The second kappa shape index (κ2) is 4.35. The number of hydrogen-bond acceptors (Lipinski definition) is 1. The zero-order valence-corrected chi connectivity index (χ0v) is 7.95. The summed E-state index contributed by atoms with van der Waals surface area (Å²) in [5, 5.41) is 2.14. The Morgan fingerprint density at radius 3 is 2.91 bits per heavy atom. The first-order chi connectivity index (χ1) is 5.36. The first-order valence-corrected chi connectivity index (χ1v) is 4.91. The highest BCUT2D eigenvalue weighted by molar-refractivity contribution is 7.09. The van der Waals surface area contributed by atoms with Gasteiger partial charge in [0, 0.05) is 11.3 Å². The van der Waals surface area contributed by atoms with Gasteiger partial charge in [0.25, 0.3) is 0 Å². The summed E-state index contributed by atoms with van der Waals surface area (Å²) in [7, 11) is 0. The number of rotatable bonds is 3. The topological polar surface area (TPSA) is 0 Å². The number of allylic oxidation sites excluding steroid dienone is 2. The SMILES string of the molecule is C/C=C(\CC)Cc1cccs1. The fraction of sp³-hybridized carbons (Fsp3) is 0.400. The van der Waals surface area contributed by atoms with Crippen LogP contribution >= 0.6 is 11.3 Å². The molecule has 0 aromatic carbocycles. The lowest BCUT2D eigenvalue weighted by atomic mass is 10.1. The van der Waals surface area contributed by atoms with Crippen LogP contribution < -0.4 is 0 Å². The summed E-state index contributed by atoms with van der Waals surface area (Å²) in [6.45, 7) is 4.33. The van der Waals surface area contributed by atoms with Crippen LogP contribution in [0, 0.1) is 0 Å². The van der Waals surface area contributed by atoms with Crippen LogP contribution in [-0.2, 0) is 6.42 Å². The van der Waals surface area contributed by atoms with Gasteiger partial charge in [-0.05, 0) is 24.8 Å². The summed E-state index contributed by atoms with van der Waals surface area (Å²) in [5.74, 6) is 0. The van der Waals surface area contributed by atoms with E-state index in [1.54, 1.807) is 0 Å². The molecule has 0 aliphatic rings. The van der Waals surface area contributed by atoms with Gasteiger partial charge in [-0.3, -0.25) is 0 Å². The first-order valence-electron chi connectivity index (χ1n) is 4.03. The number of hydrogen-bond donors (Lipinski definition) is 0. The maximum Gasteiger partial charge on any atom is 0.00856 e. The second-order valence-electron chi connectivity index (χ2n) is 2.56. The lowest BCUT2D eigenvalue weighted by molar-refractivity contribution is 1.01. The molecule has 11 heavy (non-hydrogen) atoms. The van der Waals surface area contributed by atoms with E-state index in [1.165, 1.54) is 16.9 Å². The average molecular weight is 166 g/mol. The van der Waals surface area contributed by atoms with Gasteiger partial charge < -0.3 is 0 Å². The molecule has 1 heteroatoms.